The van der Waals surface area contributed by atoms with Crippen molar-refractivity contribution in [1.29, 1.82) is 0 Å². The predicted molar refractivity (Wildman–Crippen MR) is 78.8 cm³/mol. The first kappa shape index (κ1) is 14.8. The SMILES string of the molecule is Cc1c(Br)cc2c(c1F)OCN(C1CCCCC1O)C2=O. The Morgan fingerprint density at radius 3 is 2.86 bits per heavy atom. The van der Waals surface area contributed by atoms with E-state index in [9.17, 15) is 14.3 Å². The van der Waals surface area contributed by atoms with Gasteiger partial charge in [0.25, 0.3) is 5.91 Å². The number of amides is 1. The lowest BCUT2D eigenvalue weighted by Crippen LogP contribution is -2.52. The lowest BCUT2D eigenvalue weighted by molar-refractivity contribution is -0.0133. The summed E-state index contributed by atoms with van der Waals surface area (Å²) in [7, 11) is 0. The molecule has 0 aromatic heterocycles. The molecule has 0 radical (unpaired) electrons. The largest absolute Gasteiger partial charge is 0.469 e. The van der Waals surface area contributed by atoms with Crippen LogP contribution in [0.3, 0.4) is 0 Å². The summed E-state index contributed by atoms with van der Waals surface area (Å²) in [5, 5.41) is 10.1. The number of halogens is 2. The van der Waals surface area contributed by atoms with Crippen LogP contribution in [0.2, 0.25) is 0 Å². The smallest absolute Gasteiger partial charge is 0.260 e. The van der Waals surface area contributed by atoms with Crippen molar-refractivity contribution in [3.05, 3.63) is 27.5 Å². The first-order chi connectivity index (χ1) is 10.0. The van der Waals surface area contributed by atoms with Gasteiger partial charge in [0.2, 0.25) is 0 Å². The summed E-state index contributed by atoms with van der Waals surface area (Å²) in [6.45, 7) is 1.62. The Labute approximate surface area is 131 Å². The number of aliphatic hydroxyl groups is 1. The summed E-state index contributed by atoms with van der Waals surface area (Å²) < 4.78 is 20.2. The van der Waals surface area contributed by atoms with Gasteiger partial charge in [-0.1, -0.05) is 28.8 Å². The molecule has 3 rings (SSSR count). The van der Waals surface area contributed by atoms with Gasteiger partial charge in [0.15, 0.2) is 18.3 Å². The van der Waals surface area contributed by atoms with Crippen molar-refractivity contribution in [3.8, 4) is 5.75 Å². The molecule has 0 bridgehead atoms. The van der Waals surface area contributed by atoms with Crippen molar-refractivity contribution in [2.45, 2.75) is 44.8 Å². The second-order valence-electron chi connectivity index (χ2n) is 5.64. The molecular formula is C15H17BrFNO3. The number of ether oxygens (including phenoxy) is 1. The van der Waals surface area contributed by atoms with E-state index < -0.39 is 11.9 Å². The predicted octanol–water partition coefficient (Wildman–Crippen LogP) is 2.99. The normalized spacial score (nSPS) is 25.5. The van der Waals surface area contributed by atoms with E-state index in [4.69, 9.17) is 4.74 Å². The van der Waals surface area contributed by atoms with Gasteiger partial charge in [0.05, 0.1) is 17.7 Å². The van der Waals surface area contributed by atoms with Gasteiger partial charge in [0, 0.05) is 10.0 Å². The molecule has 2 aliphatic rings. The Bertz CT molecular complexity index is 593. The summed E-state index contributed by atoms with van der Waals surface area (Å²) in [5.74, 6) is -0.763. The average Bonchev–Trinajstić information content (AvgIpc) is 2.47. The van der Waals surface area contributed by atoms with Crippen molar-refractivity contribution in [3.63, 3.8) is 0 Å². The molecule has 2 unspecified atom stereocenters. The van der Waals surface area contributed by atoms with E-state index in [1.54, 1.807) is 13.0 Å². The number of hydrogen-bond acceptors (Lipinski definition) is 3. The van der Waals surface area contributed by atoms with Crippen LogP contribution in [0.4, 0.5) is 4.39 Å². The number of rotatable bonds is 1. The third-order valence-electron chi connectivity index (χ3n) is 4.34. The Balaban J connectivity index is 1.95. The van der Waals surface area contributed by atoms with Crippen molar-refractivity contribution >= 4 is 21.8 Å². The van der Waals surface area contributed by atoms with Crippen molar-refractivity contribution < 1.29 is 19.0 Å². The van der Waals surface area contributed by atoms with Crippen LogP contribution in [-0.2, 0) is 0 Å². The highest BCUT2D eigenvalue weighted by Gasteiger charge is 2.37. The topological polar surface area (TPSA) is 49.8 Å². The number of carbonyl (C=O) groups is 1. The molecule has 1 aliphatic heterocycles. The minimum absolute atomic E-state index is 0.00838. The molecule has 1 aromatic rings. The average molecular weight is 358 g/mol. The van der Waals surface area contributed by atoms with Gasteiger partial charge in [-0.25, -0.2) is 4.39 Å². The van der Waals surface area contributed by atoms with E-state index >= 15 is 0 Å². The van der Waals surface area contributed by atoms with E-state index in [1.165, 1.54) is 4.90 Å². The number of nitrogens with zero attached hydrogens (tertiary/aromatic N) is 1. The van der Waals surface area contributed by atoms with Crippen LogP contribution in [0.25, 0.3) is 0 Å². The zero-order valence-electron chi connectivity index (χ0n) is 11.7. The second kappa shape index (κ2) is 5.57. The Kier molecular flexibility index (Phi) is 3.92. The molecule has 1 heterocycles. The lowest BCUT2D eigenvalue weighted by Gasteiger charge is -2.39. The van der Waals surface area contributed by atoms with E-state index in [-0.39, 0.29) is 30.0 Å². The van der Waals surface area contributed by atoms with Crippen LogP contribution in [0, 0.1) is 12.7 Å². The number of fused-ring (bicyclic) bond motifs is 1. The number of carbonyl (C=O) groups excluding carboxylic acids is 1. The van der Waals surface area contributed by atoms with Crippen molar-refractivity contribution in [1.82, 2.24) is 4.90 Å². The number of benzene rings is 1. The summed E-state index contributed by atoms with van der Waals surface area (Å²) >= 11 is 3.26. The minimum atomic E-state index is -0.536. The molecular weight excluding hydrogens is 341 g/mol. The lowest BCUT2D eigenvalue weighted by atomic mass is 9.91. The highest BCUT2D eigenvalue weighted by atomic mass is 79.9. The van der Waals surface area contributed by atoms with Gasteiger partial charge in [-0.05, 0) is 25.8 Å². The molecule has 0 spiro atoms. The molecule has 1 N–H and O–H groups in total. The maximum atomic E-state index is 14.2. The molecule has 4 nitrogen and oxygen atoms in total. The minimum Gasteiger partial charge on any atom is -0.469 e. The summed E-state index contributed by atoms with van der Waals surface area (Å²) in [6, 6.07) is 1.35. The maximum Gasteiger partial charge on any atom is 0.260 e. The molecule has 1 aromatic carbocycles. The van der Waals surface area contributed by atoms with Crippen LogP contribution in [0.15, 0.2) is 10.5 Å². The van der Waals surface area contributed by atoms with E-state index in [0.29, 0.717) is 16.5 Å². The van der Waals surface area contributed by atoms with Gasteiger partial charge in [-0.15, -0.1) is 0 Å². The standard InChI is InChI=1S/C15H17BrFNO3/c1-8-10(16)6-9-14(13(8)17)21-7-18(15(9)20)11-4-2-3-5-12(11)19/h6,11-12,19H,2-5,7H2,1H3. The van der Waals surface area contributed by atoms with Crippen LogP contribution in [0.5, 0.6) is 5.75 Å². The summed E-state index contributed by atoms with van der Waals surface area (Å²) in [4.78, 5) is 14.1. The van der Waals surface area contributed by atoms with Crippen LogP contribution in [0.1, 0.15) is 41.6 Å². The highest BCUT2D eigenvalue weighted by molar-refractivity contribution is 9.10. The molecule has 0 saturated heterocycles. The number of aliphatic hydroxyl groups excluding tert-OH is 1. The van der Waals surface area contributed by atoms with Crippen molar-refractivity contribution in [2.24, 2.45) is 0 Å². The van der Waals surface area contributed by atoms with Gasteiger partial charge >= 0.3 is 0 Å². The van der Waals surface area contributed by atoms with E-state index in [2.05, 4.69) is 15.9 Å². The maximum absolute atomic E-state index is 14.2. The monoisotopic (exact) mass is 357 g/mol. The number of hydrogen-bond donors (Lipinski definition) is 1. The Morgan fingerprint density at radius 2 is 2.14 bits per heavy atom. The molecule has 2 atom stereocenters. The van der Waals surface area contributed by atoms with Crippen molar-refractivity contribution in [2.75, 3.05) is 6.73 Å². The second-order valence-corrected chi connectivity index (χ2v) is 6.50. The third-order valence-corrected chi connectivity index (χ3v) is 5.16. The fraction of sp³-hybridized carbons (Fsp3) is 0.533. The molecule has 1 aliphatic carbocycles. The molecule has 6 heteroatoms. The molecule has 21 heavy (non-hydrogen) atoms. The molecule has 1 fully saturated rings. The van der Waals surface area contributed by atoms with Gasteiger partial charge in [-0.3, -0.25) is 9.69 Å². The summed E-state index contributed by atoms with van der Waals surface area (Å²) in [6.07, 6.45) is 2.85. The fourth-order valence-electron chi connectivity index (χ4n) is 3.04. The molecule has 114 valence electrons. The van der Waals surface area contributed by atoms with Crippen LogP contribution >= 0.6 is 15.9 Å². The fourth-order valence-corrected chi connectivity index (χ4v) is 3.45. The van der Waals surface area contributed by atoms with Gasteiger partial charge in [-0.2, -0.15) is 0 Å². The van der Waals surface area contributed by atoms with Gasteiger partial charge < -0.3 is 9.84 Å². The summed E-state index contributed by atoms with van der Waals surface area (Å²) in [5.41, 5.74) is 0.640. The Morgan fingerprint density at radius 1 is 1.43 bits per heavy atom. The molecule has 1 amide bonds. The third kappa shape index (κ3) is 2.44. The van der Waals surface area contributed by atoms with Crippen LogP contribution in [-0.4, -0.2) is 34.8 Å². The van der Waals surface area contributed by atoms with E-state index in [0.717, 1.165) is 19.3 Å². The first-order valence-corrected chi connectivity index (χ1v) is 7.90. The van der Waals surface area contributed by atoms with E-state index in [1.807, 2.05) is 0 Å². The van der Waals surface area contributed by atoms with Crippen LogP contribution < -0.4 is 4.74 Å². The zero-order chi connectivity index (χ0) is 15.1. The highest BCUT2D eigenvalue weighted by Crippen LogP contribution is 2.36. The zero-order valence-corrected chi connectivity index (χ0v) is 13.3. The van der Waals surface area contributed by atoms with Gasteiger partial charge in [0.1, 0.15) is 0 Å². The first-order valence-electron chi connectivity index (χ1n) is 7.11. The Hall–Kier alpha value is -1.14. The quantitative estimate of drug-likeness (QED) is 0.840. The molecule has 1 saturated carbocycles.